The quantitative estimate of drug-likeness (QED) is 0.843. The van der Waals surface area contributed by atoms with Crippen molar-refractivity contribution in [3.63, 3.8) is 0 Å². The van der Waals surface area contributed by atoms with Gasteiger partial charge in [0.25, 0.3) is 0 Å². The Labute approximate surface area is 139 Å². The smallest absolute Gasteiger partial charge is 0.244 e. The van der Waals surface area contributed by atoms with E-state index < -0.39 is 10.0 Å². The van der Waals surface area contributed by atoms with Crippen LogP contribution in [0.2, 0.25) is 5.02 Å². The van der Waals surface area contributed by atoms with Crippen molar-refractivity contribution in [3.05, 3.63) is 27.7 Å². The van der Waals surface area contributed by atoms with Gasteiger partial charge in [0, 0.05) is 23.6 Å². The second kappa shape index (κ2) is 6.94. The predicted molar refractivity (Wildman–Crippen MR) is 86.9 cm³/mol. The van der Waals surface area contributed by atoms with E-state index in [-0.39, 0.29) is 34.3 Å². The first-order valence-corrected chi connectivity index (χ1v) is 8.64. The summed E-state index contributed by atoms with van der Waals surface area (Å²) in [5.41, 5.74) is 5.84. The predicted octanol–water partition coefficient (Wildman–Crippen LogP) is 2.88. The molecule has 8 heteroatoms. The minimum absolute atomic E-state index is 0. The van der Waals surface area contributed by atoms with Crippen molar-refractivity contribution in [2.24, 2.45) is 11.7 Å². The molecule has 2 unspecified atom stereocenters. The molecule has 114 valence electrons. The zero-order chi connectivity index (χ0) is 14.2. The molecular formula is C12H17BrCl2N2O2S. The van der Waals surface area contributed by atoms with Crippen molar-refractivity contribution >= 4 is 50.0 Å². The molecule has 2 rings (SSSR count). The molecule has 1 aliphatic heterocycles. The highest BCUT2D eigenvalue weighted by atomic mass is 79.9. The highest BCUT2D eigenvalue weighted by Gasteiger charge is 2.34. The third kappa shape index (κ3) is 3.67. The van der Waals surface area contributed by atoms with E-state index in [0.29, 0.717) is 13.1 Å². The minimum Gasteiger partial charge on any atom is -0.328 e. The third-order valence-electron chi connectivity index (χ3n) is 3.44. The van der Waals surface area contributed by atoms with Crippen LogP contribution in [0.4, 0.5) is 0 Å². The summed E-state index contributed by atoms with van der Waals surface area (Å²) in [4.78, 5) is 0.155. The van der Waals surface area contributed by atoms with E-state index in [1.54, 1.807) is 12.1 Å². The SMILES string of the molecule is CC(N)C1CCN(S(=O)(=O)c2ccc(Br)cc2Cl)C1.Cl. The van der Waals surface area contributed by atoms with E-state index in [0.717, 1.165) is 10.9 Å². The van der Waals surface area contributed by atoms with Crippen LogP contribution in [-0.2, 0) is 10.0 Å². The molecule has 1 fully saturated rings. The van der Waals surface area contributed by atoms with Crippen molar-refractivity contribution < 1.29 is 8.42 Å². The first kappa shape index (κ1) is 18.2. The lowest BCUT2D eigenvalue weighted by molar-refractivity contribution is 0.429. The van der Waals surface area contributed by atoms with Gasteiger partial charge in [-0.15, -0.1) is 12.4 Å². The van der Waals surface area contributed by atoms with Crippen LogP contribution in [-0.4, -0.2) is 31.9 Å². The Morgan fingerprint density at radius 1 is 1.50 bits per heavy atom. The molecule has 0 radical (unpaired) electrons. The first-order valence-electron chi connectivity index (χ1n) is 6.03. The monoisotopic (exact) mass is 402 g/mol. The summed E-state index contributed by atoms with van der Waals surface area (Å²) in [7, 11) is -3.53. The van der Waals surface area contributed by atoms with E-state index in [1.165, 1.54) is 10.4 Å². The molecule has 0 saturated carbocycles. The van der Waals surface area contributed by atoms with E-state index in [2.05, 4.69) is 15.9 Å². The molecule has 4 nitrogen and oxygen atoms in total. The summed E-state index contributed by atoms with van der Waals surface area (Å²) < 4.78 is 27.3. The first-order chi connectivity index (χ1) is 8.82. The number of rotatable bonds is 3. The molecule has 2 atom stereocenters. The van der Waals surface area contributed by atoms with Crippen molar-refractivity contribution in [3.8, 4) is 0 Å². The van der Waals surface area contributed by atoms with Crippen LogP contribution >= 0.6 is 39.9 Å². The number of nitrogens with zero attached hydrogens (tertiary/aromatic N) is 1. The summed E-state index contributed by atoms with van der Waals surface area (Å²) in [5.74, 6) is 0.212. The molecule has 0 bridgehead atoms. The second-order valence-corrected chi connectivity index (χ2v) is 8.07. The molecule has 1 aromatic carbocycles. The van der Waals surface area contributed by atoms with Crippen LogP contribution in [0.15, 0.2) is 27.6 Å². The Balaban J connectivity index is 0.00000200. The second-order valence-electron chi connectivity index (χ2n) is 4.85. The van der Waals surface area contributed by atoms with Crippen LogP contribution < -0.4 is 5.73 Å². The number of sulfonamides is 1. The number of hydrogen-bond acceptors (Lipinski definition) is 3. The van der Waals surface area contributed by atoms with E-state index in [4.69, 9.17) is 17.3 Å². The van der Waals surface area contributed by atoms with Gasteiger partial charge < -0.3 is 5.73 Å². The summed E-state index contributed by atoms with van der Waals surface area (Å²) in [6, 6.07) is 4.80. The van der Waals surface area contributed by atoms with Crippen LogP contribution in [0.25, 0.3) is 0 Å². The molecule has 20 heavy (non-hydrogen) atoms. The standard InChI is InChI=1S/C12H16BrClN2O2S.ClH/c1-8(15)9-4-5-16(7-9)19(17,18)12-3-2-10(13)6-11(12)14;/h2-3,6,8-9H,4-5,7,15H2,1H3;1H. The number of nitrogens with two attached hydrogens (primary N) is 1. The molecule has 1 aromatic rings. The van der Waals surface area contributed by atoms with Gasteiger partial charge in [0.15, 0.2) is 0 Å². The highest BCUT2D eigenvalue weighted by molar-refractivity contribution is 9.10. The lowest BCUT2D eigenvalue weighted by Gasteiger charge is -2.18. The maximum Gasteiger partial charge on any atom is 0.244 e. The van der Waals surface area contributed by atoms with E-state index in [9.17, 15) is 8.42 Å². The molecule has 1 aliphatic rings. The molecule has 0 amide bonds. The maximum absolute atomic E-state index is 12.5. The van der Waals surface area contributed by atoms with Gasteiger partial charge in [-0.3, -0.25) is 0 Å². The van der Waals surface area contributed by atoms with Crippen LogP contribution in [0.5, 0.6) is 0 Å². The fourth-order valence-electron chi connectivity index (χ4n) is 2.22. The van der Waals surface area contributed by atoms with E-state index >= 15 is 0 Å². The molecule has 1 heterocycles. The van der Waals surface area contributed by atoms with Gasteiger partial charge in [-0.05, 0) is 37.5 Å². The Bertz CT molecular complexity index is 581. The maximum atomic E-state index is 12.5. The summed E-state index contributed by atoms with van der Waals surface area (Å²) in [5, 5.41) is 0.235. The van der Waals surface area contributed by atoms with Gasteiger partial charge in [-0.25, -0.2) is 8.42 Å². The Morgan fingerprint density at radius 3 is 2.65 bits per heavy atom. The van der Waals surface area contributed by atoms with Gasteiger partial charge in [0.1, 0.15) is 4.90 Å². The number of halogens is 3. The summed E-state index contributed by atoms with van der Waals surface area (Å²) in [6.45, 7) is 2.88. The van der Waals surface area contributed by atoms with Gasteiger partial charge in [0.2, 0.25) is 10.0 Å². The molecular weight excluding hydrogens is 387 g/mol. The number of hydrogen-bond donors (Lipinski definition) is 1. The van der Waals surface area contributed by atoms with Crippen LogP contribution in [0.3, 0.4) is 0 Å². The van der Waals surface area contributed by atoms with Gasteiger partial charge in [-0.1, -0.05) is 27.5 Å². The third-order valence-corrected chi connectivity index (χ3v) is 6.28. The molecule has 2 N–H and O–H groups in total. The normalized spacial score (nSPS) is 21.5. The molecule has 0 aliphatic carbocycles. The van der Waals surface area contributed by atoms with Crippen LogP contribution in [0.1, 0.15) is 13.3 Å². The van der Waals surface area contributed by atoms with Gasteiger partial charge >= 0.3 is 0 Å². The summed E-state index contributed by atoms with van der Waals surface area (Å²) in [6.07, 6.45) is 0.797. The molecule has 0 aromatic heterocycles. The average molecular weight is 404 g/mol. The van der Waals surface area contributed by atoms with Gasteiger partial charge in [0.05, 0.1) is 5.02 Å². The molecule has 1 saturated heterocycles. The zero-order valence-corrected chi connectivity index (χ0v) is 14.9. The minimum atomic E-state index is -3.53. The number of benzene rings is 1. The fourth-order valence-corrected chi connectivity index (χ4v) is 4.75. The van der Waals surface area contributed by atoms with Crippen molar-refractivity contribution in [1.29, 1.82) is 0 Å². The summed E-state index contributed by atoms with van der Waals surface area (Å²) >= 11 is 9.30. The van der Waals surface area contributed by atoms with E-state index in [1.807, 2.05) is 6.92 Å². The van der Waals surface area contributed by atoms with Crippen molar-refractivity contribution in [1.82, 2.24) is 4.31 Å². The Hall–Kier alpha value is 0.150. The van der Waals surface area contributed by atoms with Crippen molar-refractivity contribution in [2.75, 3.05) is 13.1 Å². The van der Waals surface area contributed by atoms with Crippen molar-refractivity contribution in [2.45, 2.75) is 24.3 Å². The Kier molecular flexibility index (Phi) is 6.32. The molecule has 0 spiro atoms. The highest BCUT2D eigenvalue weighted by Crippen LogP contribution is 2.31. The fraction of sp³-hybridized carbons (Fsp3) is 0.500. The topological polar surface area (TPSA) is 63.4 Å². The zero-order valence-electron chi connectivity index (χ0n) is 10.9. The lowest BCUT2D eigenvalue weighted by atomic mass is 10.0. The Morgan fingerprint density at radius 2 is 2.15 bits per heavy atom. The average Bonchev–Trinajstić information content (AvgIpc) is 2.78. The van der Waals surface area contributed by atoms with Gasteiger partial charge in [-0.2, -0.15) is 4.31 Å². The largest absolute Gasteiger partial charge is 0.328 e. The lowest BCUT2D eigenvalue weighted by Crippen LogP contribution is -2.33. The van der Waals surface area contributed by atoms with Crippen LogP contribution in [0, 0.1) is 5.92 Å².